The highest BCUT2D eigenvalue weighted by Gasteiger charge is 2.48. The van der Waals surface area contributed by atoms with Crippen molar-refractivity contribution in [3.05, 3.63) is 52.1 Å². The number of carboxylic acids is 1. The van der Waals surface area contributed by atoms with Crippen LogP contribution in [0.4, 0.5) is 27.6 Å². The van der Waals surface area contributed by atoms with Gasteiger partial charge in [0, 0.05) is 35.3 Å². The number of carbonyl (C=O) groups excluding carboxylic acids is 1. The smallest absolute Gasteiger partial charge is 0.312 e. The van der Waals surface area contributed by atoms with E-state index in [1.807, 2.05) is 0 Å². The third kappa shape index (κ3) is 6.32. The summed E-state index contributed by atoms with van der Waals surface area (Å²) in [5, 5.41) is 18.5. The number of rotatable bonds is 10. The molecule has 1 aromatic carbocycles. The van der Waals surface area contributed by atoms with Gasteiger partial charge in [-0.05, 0) is 24.6 Å². The molecule has 0 unspecified atom stereocenters. The molecular formula is C24H23ClF5N3O5. The molecule has 0 radical (unpaired) electrons. The number of alkyl halides is 4. The Balaban J connectivity index is 1.96. The number of benzene rings is 1. The van der Waals surface area contributed by atoms with Gasteiger partial charge >= 0.3 is 11.9 Å². The molecule has 1 atom stereocenters. The van der Waals surface area contributed by atoms with Crippen molar-refractivity contribution in [3.63, 3.8) is 0 Å². The zero-order valence-corrected chi connectivity index (χ0v) is 21.1. The van der Waals surface area contributed by atoms with E-state index in [4.69, 9.17) is 25.8 Å². The van der Waals surface area contributed by atoms with Crippen LogP contribution in [-0.4, -0.2) is 27.3 Å². The van der Waals surface area contributed by atoms with E-state index in [9.17, 15) is 31.5 Å². The second kappa shape index (κ2) is 11.1. The zero-order chi connectivity index (χ0) is 28.4. The maximum absolute atomic E-state index is 14.7. The Morgan fingerprint density at radius 2 is 1.82 bits per heavy atom. The van der Waals surface area contributed by atoms with Crippen molar-refractivity contribution in [1.82, 2.24) is 10.3 Å². The molecule has 0 spiro atoms. The third-order valence-corrected chi connectivity index (χ3v) is 5.93. The first-order valence-corrected chi connectivity index (χ1v) is 11.6. The molecule has 14 heteroatoms. The molecule has 8 nitrogen and oxygen atoms in total. The van der Waals surface area contributed by atoms with E-state index in [1.165, 1.54) is 32.9 Å². The number of aromatic nitrogens is 2. The highest BCUT2D eigenvalue weighted by molar-refractivity contribution is 6.30. The van der Waals surface area contributed by atoms with Gasteiger partial charge in [0.25, 0.3) is 6.43 Å². The van der Waals surface area contributed by atoms with Crippen molar-refractivity contribution < 1.29 is 45.7 Å². The number of aliphatic carboxylic acids is 1. The van der Waals surface area contributed by atoms with E-state index >= 15 is 0 Å². The lowest BCUT2D eigenvalue weighted by molar-refractivity contribution is -0.137. The van der Waals surface area contributed by atoms with Gasteiger partial charge in [-0.1, -0.05) is 42.7 Å². The molecule has 0 saturated heterocycles. The number of carbonyl (C=O) groups is 2. The second-order valence-electron chi connectivity index (χ2n) is 9.52. The van der Waals surface area contributed by atoms with Gasteiger partial charge in [0.15, 0.2) is 11.5 Å². The molecule has 38 heavy (non-hydrogen) atoms. The minimum Gasteiger partial charge on any atom is -0.481 e. The molecule has 3 aromatic rings. The van der Waals surface area contributed by atoms with Gasteiger partial charge in [-0.15, -0.1) is 0 Å². The standard InChI is InChI=1S/C24H23ClF5N3O5/c1-23(2,3)24(29,30)16-10-15(32-37-16)21-19(22(27)28)20(33-38-21)11(4-7-18(35)36)8-17(34)31-14-6-5-12(25)9-13(14)26/h5-6,9-11,22H,4,7-8H2,1-3H3,(H,31,34)(H,35,36)/t11-/m1/s1. The summed E-state index contributed by atoms with van der Waals surface area (Å²) in [6.07, 6.45) is -4.68. The van der Waals surface area contributed by atoms with E-state index in [2.05, 4.69) is 15.6 Å². The third-order valence-electron chi connectivity index (χ3n) is 5.70. The number of amides is 1. The number of nitrogens with one attached hydrogen (secondary N) is 1. The first-order chi connectivity index (χ1) is 17.6. The van der Waals surface area contributed by atoms with Crippen molar-refractivity contribution in [3.8, 4) is 11.5 Å². The van der Waals surface area contributed by atoms with Crippen molar-refractivity contribution in [2.24, 2.45) is 5.41 Å². The molecule has 1 amide bonds. The predicted molar refractivity (Wildman–Crippen MR) is 125 cm³/mol. The molecule has 2 aromatic heterocycles. The lowest BCUT2D eigenvalue weighted by atomic mass is 9.86. The first kappa shape index (κ1) is 29.1. The lowest BCUT2D eigenvalue weighted by Gasteiger charge is -2.27. The number of halogens is 6. The summed E-state index contributed by atoms with van der Waals surface area (Å²) in [5.74, 6) is -9.23. The molecule has 3 rings (SSSR count). The number of hydrogen-bond acceptors (Lipinski definition) is 6. The quantitative estimate of drug-likeness (QED) is 0.251. The van der Waals surface area contributed by atoms with Gasteiger partial charge in [-0.25, -0.2) is 13.2 Å². The van der Waals surface area contributed by atoms with Crippen LogP contribution in [0.2, 0.25) is 5.02 Å². The number of hydrogen-bond donors (Lipinski definition) is 2. The minimum atomic E-state index is -3.51. The molecule has 0 aliphatic heterocycles. The van der Waals surface area contributed by atoms with Gasteiger partial charge in [0.1, 0.15) is 5.82 Å². The van der Waals surface area contributed by atoms with Gasteiger partial charge in [-0.2, -0.15) is 8.78 Å². The zero-order valence-electron chi connectivity index (χ0n) is 20.3. The van der Waals surface area contributed by atoms with Crippen LogP contribution in [0.5, 0.6) is 0 Å². The molecular weight excluding hydrogens is 541 g/mol. The Hall–Kier alpha value is -3.48. The Bertz CT molecular complexity index is 1320. The van der Waals surface area contributed by atoms with Crippen LogP contribution in [0.3, 0.4) is 0 Å². The summed E-state index contributed by atoms with van der Waals surface area (Å²) in [6, 6.07) is 4.21. The SMILES string of the molecule is CC(C)(C)C(F)(F)c1cc(-c2onc([C@H](CCC(=O)O)CC(=O)Nc3ccc(Cl)cc3F)c2C(F)F)no1. The Morgan fingerprint density at radius 1 is 1.13 bits per heavy atom. The fourth-order valence-electron chi connectivity index (χ4n) is 3.55. The van der Waals surface area contributed by atoms with Gasteiger partial charge in [0.05, 0.1) is 16.9 Å². The van der Waals surface area contributed by atoms with Gasteiger partial charge in [0.2, 0.25) is 11.7 Å². The summed E-state index contributed by atoms with van der Waals surface area (Å²) in [7, 11) is 0. The number of nitrogens with zero attached hydrogens (tertiary/aromatic N) is 2. The molecule has 0 saturated carbocycles. The maximum atomic E-state index is 14.7. The maximum Gasteiger partial charge on any atom is 0.312 e. The van der Waals surface area contributed by atoms with Crippen LogP contribution in [0, 0.1) is 11.2 Å². The van der Waals surface area contributed by atoms with E-state index in [0.29, 0.717) is 0 Å². The van der Waals surface area contributed by atoms with Crippen LogP contribution in [0.15, 0.2) is 33.3 Å². The van der Waals surface area contributed by atoms with E-state index in [1.54, 1.807) is 0 Å². The van der Waals surface area contributed by atoms with Crippen molar-refractivity contribution in [2.75, 3.05) is 5.32 Å². The molecule has 2 heterocycles. The second-order valence-corrected chi connectivity index (χ2v) is 9.95. The topological polar surface area (TPSA) is 118 Å². The van der Waals surface area contributed by atoms with Gasteiger partial charge in [-0.3, -0.25) is 9.59 Å². The van der Waals surface area contributed by atoms with Crippen molar-refractivity contribution >= 4 is 29.2 Å². The monoisotopic (exact) mass is 563 g/mol. The Morgan fingerprint density at radius 3 is 2.39 bits per heavy atom. The van der Waals surface area contributed by atoms with Crippen LogP contribution in [-0.2, 0) is 15.5 Å². The van der Waals surface area contributed by atoms with E-state index < -0.39 is 82.7 Å². The molecule has 0 aliphatic rings. The summed E-state index contributed by atoms with van der Waals surface area (Å²) in [5.41, 5.74) is -3.62. The average molecular weight is 564 g/mol. The summed E-state index contributed by atoms with van der Waals surface area (Å²) in [6.45, 7) is 3.75. The highest BCUT2D eigenvalue weighted by atomic mass is 35.5. The normalized spacial score (nSPS) is 13.1. The molecule has 2 N–H and O–H groups in total. The largest absolute Gasteiger partial charge is 0.481 e. The summed E-state index contributed by atoms with van der Waals surface area (Å²) < 4.78 is 81.5. The fourth-order valence-corrected chi connectivity index (χ4v) is 3.71. The Kier molecular flexibility index (Phi) is 8.49. The molecule has 0 fully saturated rings. The van der Waals surface area contributed by atoms with Crippen LogP contribution >= 0.6 is 11.6 Å². The van der Waals surface area contributed by atoms with Crippen LogP contribution in [0.1, 0.15) is 69.4 Å². The Labute approximate surface area is 218 Å². The number of anilines is 1. The lowest BCUT2D eigenvalue weighted by Crippen LogP contribution is -2.30. The highest BCUT2D eigenvalue weighted by Crippen LogP contribution is 2.46. The first-order valence-electron chi connectivity index (χ1n) is 11.2. The predicted octanol–water partition coefficient (Wildman–Crippen LogP) is 7.17. The molecule has 206 valence electrons. The van der Waals surface area contributed by atoms with Crippen LogP contribution < -0.4 is 5.32 Å². The fraction of sp³-hybridized carbons (Fsp3) is 0.417. The summed E-state index contributed by atoms with van der Waals surface area (Å²) >= 11 is 5.69. The van der Waals surface area contributed by atoms with E-state index in [-0.39, 0.29) is 17.1 Å². The average Bonchev–Trinajstić information content (AvgIpc) is 3.45. The minimum absolute atomic E-state index is 0.0767. The van der Waals surface area contributed by atoms with E-state index in [0.717, 1.165) is 12.1 Å². The number of carboxylic acid groups (broad SMARTS) is 1. The van der Waals surface area contributed by atoms with Gasteiger partial charge < -0.3 is 19.5 Å². The van der Waals surface area contributed by atoms with Crippen molar-refractivity contribution in [1.29, 1.82) is 0 Å². The van der Waals surface area contributed by atoms with Crippen LogP contribution in [0.25, 0.3) is 11.5 Å². The van der Waals surface area contributed by atoms with Crippen molar-refractivity contribution in [2.45, 2.75) is 58.3 Å². The molecule has 0 bridgehead atoms. The molecule has 0 aliphatic carbocycles. The summed E-state index contributed by atoms with van der Waals surface area (Å²) in [4.78, 5) is 23.8.